The predicted octanol–water partition coefficient (Wildman–Crippen LogP) is 2.76. The molecule has 4 heteroatoms. The summed E-state index contributed by atoms with van der Waals surface area (Å²) in [7, 11) is 0. The molecule has 0 spiro atoms. The molecule has 1 fully saturated rings. The first-order chi connectivity index (χ1) is 7.20. The molecule has 0 aliphatic carbocycles. The van der Waals surface area contributed by atoms with Gasteiger partial charge in [0.25, 0.3) is 0 Å². The van der Waals surface area contributed by atoms with Crippen molar-refractivity contribution in [2.45, 2.75) is 39.5 Å². The van der Waals surface area contributed by atoms with Crippen LogP contribution in [0.25, 0.3) is 0 Å². The predicted molar refractivity (Wildman–Crippen MR) is 81.4 cm³/mol. The number of halogens is 1. The van der Waals surface area contributed by atoms with Gasteiger partial charge in [-0.15, -0.1) is 24.0 Å². The van der Waals surface area contributed by atoms with Crippen molar-refractivity contribution in [1.29, 1.82) is 0 Å². The Morgan fingerprint density at radius 1 is 1.25 bits per heavy atom. The molecule has 0 aromatic rings. The fourth-order valence-electron chi connectivity index (χ4n) is 1.76. The van der Waals surface area contributed by atoms with Crippen molar-refractivity contribution in [2.24, 2.45) is 10.7 Å². The maximum Gasteiger partial charge on any atom is 0.191 e. The van der Waals surface area contributed by atoms with Crippen LogP contribution < -0.4 is 5.73 Å². The molecule has 0 aromatic carbocycles. The lowest BCUT2D eigenvalue weighted by atomic mass is 10.1. The summed E-state index contributed by atoms with van der Waals surface area (Å²) in [6.07, 6.45) is 7.04. The van der Waals surface area contributed by atoms with Crippen molar-refractivity contribution < 1.29 is 0 Å². The molecule has 0 amide bonds. The first-order valence-electron chi connectivity index (χ1n) is 5.88. The number of aliphatic imine (C=N–C) groups is 1. The van der Waals surface area contributed by atoms with Crippen LogP contribution in [0.3, 0.4) is 0 Å². The van der Waals surface area contributed by atoms with Crippen LogP contribution in [-0.2, 0) is 0 Å². The van der Waals surface area contributed by atoms with E-state index in [2.05, 4.69) is 29.8 Å². The Balaban J connectivity index is 0.00000225. The molecule has 1 heterocycles. The molecule has 1 aliphatic rings. The van der Waals surface area contributed by atoms with Gasteiger partial charge in [0, 0.05) is 19.6 Å². The molecule has 0 atom stereocenters. The molecule has 0 radical (unpaired) electrons. The standard InChI is InChI=1S/C12H23N3.HI/c1-11(2)7-6-8-14-12(13)15-9-4-3-5-10-15;/h7H,3-6,8-10H2,1-2H3,(H2,13,14);1H. The molecular formula is C12H24IN3. The van der Waals surface area contributed by atoms with Crippen LogP contribution in [0.2, 0.25) is 0 Å². The Labute approximate surface area is 116 Å². The van der Waals surface area contributed by atoms with Crippen molar-refractivity contribution >= 4 is 29.9 Å². The number of rotatable bonds is 3. The highest BCUT2D eigenvalue weighted by Gasteiger charge is 2.10. The molecule has 1 rings (SSSR count). The van der Waals surface area contributed by atoms with Crippen molar-refractivity contribution in [1.82, 2.24) is 4.90 Å². The molecule has 0 aromatic heterocycles. The summed E-state index contributed by atoms with van der Waals surface area (Å²) in [6, 6.07) is 0. The lowest BCUT2D eigenvalue weighted by molar-refractivity contribution is 0.338. The molecule has 16 heavy (non-hydrogen) atoms. The van der Waals surface area contributed by atoms with E-state index in [-0.39, 0.29) is 24.0 Å². The fraction of sp³-hybridized carbons (Fsp3) is 0.750. The van der Waals surface area contributed by atoms with Gasteiger partial charge in [0.15, 0.2) is 5.96 Å². The van der Waals surface area contributed by atoms with Gasteiger partial charge in [0.2, 0.25) is 0 Å². The zero-order valence-electron chi connectivity index (χ0n) is 10.4. The van der Waals surface area contributed by atoms with Crippen LogP contribution in [-0.4, -0.2) is 30.5 Å². The fourth-order valence-corrected chi connectivity index (χ4v) is 1.76. The van der Waals surface area contributed by atoms with E-state index in [9.17, 15) is 0 Å². The highest BCUT2D eigenvalue weighted by atomic mass is 127. The molecule has 0 unspecified atom stereocenters. The van der Waals surface area contributed by atoms with E-state index < -0.39 is 0 Å². The Morgan fingerprint density at radius 3 is 2.44 bits per heavy atom. The number of hydrogen-bond donors (Lipinski definition) is 1. The molecular weight excluding hydrogens is 313 g/mol. The second-order valence-electron chi connectivity index (χ2n) is 4.36. The lowest BCUT2D eigenvalue weighted by Gasteiger charge is -2.27. The van der Waals surface area contributed by atoms with Gasteiger partial charge in [-0.3, -0.25) is 4.99 Å². The molecule has 2 N–H and O–H groups in total. The van der Waals surface area contributed by atoms with Crippen LogP contribution in [0, 0.1) is 0 Å². The summed E-state index contributed by atoms with van der Waals surface area (Å²) in [4.78, 5) is 6.60. The van der Waals surface area contributed by atoms with Gasteiger partial charge >= 0.3 is 0 Å². The lowest BCUT2D eigenvalue weighted by Crippen LogP contribution is -2.40. The summed E-state index contributed by atoms with van der Waals surface area (Å²) in [5.74, 6) is 0.733. The van der Waals surface area contributed by atoms with Crippen LogP contribution in [0.4, 0.5) is 0 Å². The average Bonchev–Trinajstić information content (AvgIpc) is 2.25. The van der Waals surface area contributed by atoms with E-state index >= 15 is 0 Å². The van der Waals surface area contributed by atoms with E-state index in [0.717, 1.165) is 32.0 Å². The third kappa shape index (κ3) is 6.35. The number of piperidine rings is 1. The van der Waals surface area contributed by atoms with E-state index in [1.807, 2.05) is 0 Å². The second kappa shape index (κ2) is 8.84. The highest BCUT2D eigenvalue weighted by Crippen LogP contribution is 2.07. The maximum atomic E-state index is 5.92. The third-order valence-electron chi connectivity index (χ3n) is 2.64. The second-order valence-corrected chi connectivity index (χ2v) is 4.36. The Bertz CT molecular complexity index is 239. The van der Waals surface area contributed by atoms with E-state index in [1.54, 1.807) is 0 Å². The van der Waals surface area contributed by atoms with Gasteiger partial charge in [-0.2, -0.15) is 0 Å². The maximum absolute atomic E-state index is 5.92. The van der Waals surface area contributed by atoms with Gasteiger partial charge in [0.1, 0.15) is 0 Å². The molecule has 1 aliphatic heterocycles. The van der Waals surface area contributed by atoms with Gasteiger partial charge in [-0.25, -0.2) is 0 Å². The van der Waals surface area contributed by atoms with Gasteiger partial charge < -0.3 is 10.6 Å². The normalized spacial score (nSPS) is 16.6. The van der Waals surface area contributed by atoms with E-state index in [4.69, 9.17) is 5.73 Å². The van der Waals surface area contributed by atoms with Gasteiger partial charge in [-0.1, -0.05) is 11.6 Å². The zero-order valence-corrected chi connectivity index (χ0v) is 12.7. The smallest absolute Gasteiger partial charge is 0.191 e. The number of guanidine groups is 1. The Morgan fingerprint density at radius 2 is 1.88 bits per heavy atom. The monoisotopic (exact) mass is 337 g/mol. The summed E-state index contributed by atoms with van der Waals surface area (Å²) in [5, 5.41) is 0. The minimum Gasteiger partial charge on any atom is -0.370 e. The number of likely N-dealkylation sites (tertiary alicyclic amines) is 1. The molecule has 3 nitrogen and oxygen atoms in total. The van der Waals surface area contributed by atoms with Crippen LogP contribution >= 0.6 is 24.0 Å². The summed E-state index contributed by atoms with van der Waals surface area (Å²) >= 11 is 0. The minimum atomic E-state index is 0. The van der Waals surface area contributed by atoms with Gasteiger partial charge in [-0.05, 0) is 39.5 Å². The van der Waals surface area contributed by atoms with Crippen LogP contribution in [0.15, 0.2) is 16.6 Å². The highest BCUT2D eigenvalue weighted by molar-refractivity contribution is 14.0. The van der Waals surface area contributed by atoms with Crippen LogP contribution in [0.1, 0.15) is 39.5 Å². The molecule has 94 valence electrons. The van der Waals surface area contributed by atoms with Crippen molar-refractivity contribution in [2.75, 3.05) is 19.6 Å². The number of allylic oxidation sites excluding steroid dienone is 1. The first-order valence-corrected chi connectivity index (χ1v) is 5.88. The number of nitrogens with two attached hydrogens (primary N) is 1. The SMILES string of the molecule is CC(C)=CCCN=C(N)N1CCCCC1.I. The largest absolute Gasteiger partial charge is 0.370 e. The number of nitrogens with zero attached hydrogens (tertiary/aromatic N) is 2. The average molecular weight is 337 g/mol. The van der Waals surface area contributed by atoms with E-state index in [1.165, 1.54) is 24.8 Å². The van der Waals surface area contributed by atoms with Crippen molar-refractivity contribution in [3.63, 3.8) is 0 Å². The van der Waals surface area contributed by atoms with Gasteiger partial charge in [0.05, 0.1) is 0 Å². The first kappa shape index (κ1) is 15.7. The van der Waals surface area contributed by atoms with Crippen molar-refractivity contribution in [3.05, 3.63) is 11.6 Å². The third-order valence-corrected chi connectivity index (χ3v) is 2.64. The Hall–Kier alpha value is -0.260. The summed E-state index contributed by atoms with van der Waals surface area (Å²) < 4.78 is 0. The number of hydrogen-bond acceptors (Lipinski definition) is 1. The minimum absolute atomic E-state index is 0. The topological polar surface area (TPSA) is 41.6 Å². The zero-order chi connectivity index (χ0) is 11.1. The molecule has 1 saturated heterocycles. The van der Waals surface area contributed by atoms with Crippen LogP contribution in [0.5, 0.6) is 0 Å². The quantitative estimate of drug-likeness (QED) is 0.283. The molecule has 0 saturated carbocycles. The van der Waals surface area contributed by atoms with Crippen molar-refractivity contribution in [3.8, 4) is 0 Å². The summed E-state index contributed by atoms with van der Waals surface area (Å²) in [5.41, 5.74) is 7.27. The molecule has 0 bridgehead atoms. The Kier molecular flexibility index (Phi) is 8.70. The summed E-state index contributed by atoms with van der Waals surface area (Å²) in [6.45, 7) is 7.19. The van der Waals surface area contributed by atoms with E-state index in [0.29, 0.717) is 0 Å².